The number of H-pyrrole nitrogens is 1. The maximum atomic E-state index is 13.0. The lowest BCUT2D eigenvalue weighted by atomic mass is 9.94. The summed E-state index contributed by atoms with van der Waals surface area (Å²) >= 11 is 0. The molecule has 0 saturated carbocycles. The number of benzene rings is 1. The summed E-state index contributed by atoms with van der Waals surface area (Å²) in [4.78, 5) is 34.3. The fourth-order valence-electron chi connectivity index (χ4n) is 3.08. The summed E-state index contributed by atoms with van der Waals surface area (Å²) in [6, 6.07) is 11.6. The van der Waals surface area contributed by atoms with Crippen LogP contribution in [0.3, 0.4) is 0 Å². The van der Waals surface area contributed by atoms with Crippen LogP contribution in [0.1, 0.15) is 37.5 Å². The van der Waals surface area contributed by atoms with Gasteiger partial charge in [0.2, 0.25) is 5.91 Å². The largest absolute Gasteiger partial charge is 0.333 e. The van der Waals surface area contributed by atoms with Crippen LogP contribution in [0.4, 0.5) is 0 Å². The number of nitrogens with one attached hydrogen (secondary N) is 1. The summed E-state index contributed by atoms with van der Waals surface area (Å²) in [6.45, 7) is 8.35. The van der Waals surface area contributed by atoms with Crippen molar-refractivity contribution in [3.8, 4) is 0 Å². The number of fused-ring (bicyclic) bond motifs is 1. The van der Waals surface area contributed by atoms with E-state index < -0.39 is 5.41 Å². The fourth-order valence-corrected chi connectivity index (χ4v) is 3.08. The van der Waals surface area contributed by atoms with Crippen LogP contribution in [0.25, 0.3) is 10.9 Å². The van der Waals surface area contributed by atoms with Crippen molar-refractivity contribution in [3.63, 3.8) is 0 Å². The van der Waals surface area contributed by atoms with Gasteiger partial charge < -0.3 is 9.88 Å². The number of hydrogen-bond acceptors (Lipinski definition) is 3. The van der Waals surface area contributed by atoms with Gasteiger partial charge in [0.1, 0.15) is 0 Å². The number of rotatable bonds is 4. The third-order valence-corrected chi connectivity index (χ3v) is 4.46. The van der Waals surface area contributed by atoms with Gasteiger partial charge >= 0.3 is 0 Å². The van der Waals surface area contributed by atoms with E-state index in [9.17, 15) is 9.59 Å². The molecular weight excluding hydrogens is 338 g/mol. The number of carbonyl (C=O) groups is 1. The van der Waals surface area contributed by atoms with E-state index in [0.717, 1.165) is 22.0 Å². The van der Waals surface area contributed by atoms with Gasteiger partial charge in [0.25, 0.3) is 5.56 Å². The smallest absolute Gasteiger partial charge is 0.253 e. The molecule has 0 saturated heterocycles. The van der Waals surface area contributed by atoms with Crippen LogP contribution in [0.2, 0.25) is 0 Å². The Morgan fingerprint density at radius 2 is 1.93 bits per heavy atom. The Kier molecular flexibility index (Phi) is 5.13. The number of hydrogen-bond donors (Lipinski definition) is 1. The summed E-state index contributed by atoms with van der Waals surface area (Å²) in [6.07, 6.45) is 3.45. The van der Waals surface area contributed by atoms with Crippen molar-refractivity contribution in [1.29, 1.82) is 0 Å². The molecule has 5 heteroatoms. The SMILES string of the molecule is Cc1ccc2[nH]c(=O)c(CN(Cc3cccnc3)C(=O)C(C)(C)C)cc2c1. The molecule has 0 aliphatic carbocycles. The predicted octanol–water partition coefficient (Wildman–Crippen LogP) is 3.81. The first-order valence-electron chi connectivity index (χ1n) is 9.05. The van der Waals surface area contributed by atoms with Gasteiger partial charge in [-0.1, -0.05) is 38.5 Å². The lowest BCUT2D eigenvalue weighted by molar-refractivity contribution is -0.140. The highest BCUT2D eigenvalue weighted by Gasteiger charge is 2.28. The zero-order valence-corrected chi connectivity index (χ0v) is 16.2. The maximum absolute atomic E-state index is 13.0. The van der Waals surface area contributed by atoms with Gasteiger partial charge in [-0.3, -0.25) is 14.6 Å². The van der Waals surface area contributed by atoms with Crippen LogP contribution in [0, 0.1) is 12.3 Å². The van der Waals surface area contributed by atoms with Crippen LogP contribution < -0.4 is 5.56 Å². The Hall–Kier alpha value is -2.95. The van der Waals surface area contributed by atoms with Gasteiger partial charge in [0, 0.05) is 35.4 Å². The van der Waals surface area contributed by atoms with Crippen LogP contribution in [-0.2, 0) is 17.9 Å². The molecule has 3 rings (SSSR count). The summed E-state index contributed by atoms with van der Waals surface area (Å²) in [7, 11) is 0. The Balaban J connectivity index is 1.98. The van der Waals surface area contributed by atoms with Gasteiger partial charge in [-0.05, 0) is 42.1 Å². The average Bonchev–Trinajstić information content (AvgIpc) is 2.61. The molecule has 0 fully saturated rings. The number of pyridine rings is 2. The molecule has 0 aliphatic rings. The lowest BCUT2D eigenvalue weighted by Gasteiger charge is -2.29. The van der Waals surface area contributed by atoms with Crippen molar-refractivity contribution in [3.05, 3.63) is 75.8 Å². The second-order valence-corrected chi connectivity index (χ2v) is 7.99. The molecule has 0 aliphatic heterocycles. The molecule has 0 bridgehead atoms. The van der Waals surface area contributed by atoms with Crippen molar-refractivity contribution >= 4 is 16.8 Å². The van der Waals surface area contributed by atoms with Crippen molar-refractivity contribution < 1.29 is 4.79 Å². The van der Waals surface area contributed by atoms with E-state index >= 15 is 0 Å². The monoisotopic (exact) mass is 363 g/mol. The molecular formula is C22H25N3O2. The molecule has 3 aromatic rings. The van der Waals surface area contributed by atoms with E-state index in [1.807, 2.05) is 64.1 Å². The summed E-state index contributed by atoms with van der Waals surface area (Å²) in [5, 5.41) is 0.967. The Morgan fingerprint density at radius 3 is 2.59 bits per heavy atom. The molecule has 0 atom stereocenters. The number of aryl methyl sites for hydroxylation is 1. The van der Waals surface area contributed by atoms with Crippen LogP contribution in [-0.4, -0.2) is 20.8 Å². The van der Waals surface area contributed by atoms with Crippen molar-refractivity contribution in [2.24, 2.45) is 5.41 Å². The maximum Gasteiger partial charge on any atom is 0.253 e. The first-order chi connectivity index (χ1) is 12.7. The van der Waals surface area contributed by atoms with E-state index in [4.69, 9.17) is 0 Å². The molecule has 1 amide bonds. The second kappa shape index (κ2) is 7.35. The zero-order chi connectivity index (χ0) is 19.6. The van der Waals surface area contributed by atoms with E-state index in [0.29, 0.717) is 12.1 Å². The minimum atomic E-state index is -0.539. The molecule has 0 spiro atoms. The molecule has 2 heterocycles. The van der Waals surface area contributed by atoms with Gasteiger partial charge in [-0.15, -0.1) is 0 Å². The standard InChI is InChI=1S/C22H25N3O2/c1-15-7-8-19-17(10-15)11-18(20(26)24-19)14-25(21(27)22(2,3)4)13-16-6-5-9-23-12-16/h5-12H,13-14H2,1-4H3,(H,24,26). The molecule has 5 nitrogen and oxygen atoms in total. The van der Waals surface area contributed by atoms with Gasteiger partial charge in [0.05, 0.1) is 6.54 Å². The Bertz CT molecular complexity index is 1020. The van der Waals surface area contributed by atoms with Crippen LogP contribution in [0.15, 0.2) is 53.6 Å². The molecule has 27 heavy (non-hydrogen) atoms. The summed E-state index contributed by atoms with van der Waals surface area (Å²) in [5.74, 6) is -0.00454. The zero-order valence-electron chi connectivity index (χ0n) is 16.2. The molecule has 140 valence electrons. The number of nitrogens with zero attached hydrogens (tertiary/aromatic N) is 2. The highest BCUT2D eigenvalue weighted by molar-refractivity contribution is 5.82. The molecule has 1 aromatic carbocycles. The highest BCUT2D eigenvalue weighted by Crippen LogP contribution is 2.21. The van der Waals surface area contributed by atoms with Gasteiger partial charge in [-0.2, -0.15) is 0 Å². The van der Waals surface area contributed by atoms with E-state index in [1.165, 1.54) is 0 Å². The lowest BCUT2D eigenvalue weighted by Crippen LogP contribution is -2.39. The molecule has 1 N–H and O–H groups in total. The quantitative estimate of drug-likeness (QED) is 0.766. The number of carbonyl (C=O) groups excluding carboxylic acids is 1. The molecule has 0 radical (unpaired) electrons. The molecule has 2 aromatic heterocycles. The Labute approximate surface area is 159 Å². The normalized spacial score (nSPS) is 11.6. The third kappa shape index (κ3) is 4.42. The minimum Gasteiger partial charge on any atom is -0.333 e. The van der Waals surface area contributed by atoms with Gasteiger partial charge in [0.15, 0.2) is 0 Å². The number of amides is 1. The van der Waals surface area contributed by atoms with Crippen molar-refractivity contribution in [2.75, 3.05) is 0 Å². The summed E-state index contributed by atoms with van der Waals surface area (Å²) < 4.78 is 0. The highest BCUT2D eigenvalue weighted by atomic mass is 16.2. The first-order valence-corrected chi connectivity index (χ1v) is 9.05. The minimum absolute atomic E-state index is 0.00454. The van der Waals surface area contributed by atoms with Crippen LogP contribution >= 0.6 is 0 Å². The predicted molar refractivity (Wildman–Crippen MR) is 107 cm³/mol. The number of aromatic amines is 1. The van der Waals surface area contributed by atoms with Crippen LogP contribution in [0.5, 0.6) is 0 Å². The van der Waals surface area contributed by atoms with Crippen molar-refractivity contribution in [1.82, 2.24) is 14.9 Å². The average molecular weight is 363 g/mol. The third-order valence-electron chi connectivity index (χ3n) is 4.46. The molecule has 0 unspecified atom stereocenters. The van der Waals surface area contributed by atoms with E-state index in [2.05, 4.69) is 9.97 Å². The van der Waals surface area contributed by atoms with Gasteiger partial charge in [-0.25, -0.2) is 0 Å². The fraction of sp³-hybridized carbons (Fsp3) is 0.318. The topological polar surface area (TPSA) is 66.1 Å². The second-order valence-electron chi connectivity index (χ2n) is 7.99. The van der Waals surface area contributed by atoms with Crippen molar-refractivity contribution in [2.45, 2.75) is 40.8 Å². The van der Waals surface area contributed by atoms with E-state index in [-0.39, 0.29) is 18.0 Å². The Morgan fingerprint density at radius 1 is 1.15 bits per heavy atom. The first kappa shape index (κ1) is 18.8. The van der Waals surface area contributed by atoms with E-state index in [1.54, 1.807) is 17.3 Å². The number of aromatic nitrogens is 2. The summed E-state index contributed by atoms with van der Waals surface area (Å²) in [5.41, 5.74) is 2.73.